The summed E-state index contributed by atoms with van der Waals surface area (Å²) in [5, 5.41) is 22.8. The zero-order valence-electron chi connectivity index (χ0n) is 15.6. The molecule has 9 heteroatoms. The fourth-order valence-corrected chi connectivity index (χ4v) is 2.69. The number of carbonyl (C=O) groups excluding carboxylic acids is 1. The Bertz CT molecular complexity index is 879. The molecular weight excluding hydrogens is 368 g/mol. The molecule has 1 unspecified atom stereocenters. The fourth-order valence-electron chi connectivity index (χ4n) is 2.69. The molecule has 0 heterocycles. The molecule has 0 aromatic heterocycles. The lowest BCUT2D eigenvalue weighted by Gasteiger charge is -2.16. The zero-order chi connectivity index (χ0) is 20.8. The van der Waals surface area contributed by atoms with Crippen molar-refractivity contribution in [2.24, 2.45) is 0 Å². The van der Waals surface area contributed by atoms with Crippen LogP contribution in [0.1, 0.15) is 33.2 Å². The van der Waals surface area contributed by atoms with E-state index in [2.05, 4.69) is 5.32 Å². The lowest BCUT2D eigenvalue weighted by Crippen LogP contribution is -2.34. The summed E-state index contributed by atoms with van der Waals surface area (Å²) in [6.45, 7) is 1.77. The van der Waals surface area contributed by atoms with Crippen LogP contribution < -0.4 is 14.8 Å². The smallest absolute Gasteiger partial charge is 0.335 e. The average molecular weight is 388 g/mol. The minimum absolute atomic E-state index is 0.0919. The van der Waals surface area contributed by atoms with E-state index in [1.807, 2.05) is 6.07 Å². The maximum absolute atomic E-state index is 12.4. The van der Waals surface area contributed by atoms with Gasteiger partial charge in [-0.15, -0.1) is 0 Å². The molecule has 1 atom stereocenters. The largest absolute Gasteiger partial charge is 0.493 e. The van der Waals surface area contributed by atoms with Crippen molar-refractivity contribution in [3.63, 3.8) is 0 Å². The van der Waals surface area contributed by atoms with Gasteiger partial charge < -0.3 is 19.9 Å². The van der Waals surface area contributed by atoms with Crippen molar-refractivity contribution >= 4 is 17.6 Å². The Morgan fingerprint density at radius 2 is 1.75 bits per heavy atom. The lowest BCUT2D eigenvalue weighted by atomic mass is 10.0. The maximum atomic E-state index is 12.4. The van der Waals surface area contributed by atoms with Gasteiger partial charge in [0, 0.05) is 23.7 Å². The first kappa shape index (κ1) is 20.7. The summed E-state index contributed by atoms with van der Waals surface area (Å²) < 4.78 is 10.4. The quantitative estimate of drug-likeness (QED) is 0.525. The van der Waals surface area contributed by atoms with Crippen LogP contribution in [0.5, 0.6) is 11.5 Å². The molecule has 1 amide bonds. The number of carboxylic acids is 1. The Morgan fingerprint density at radius 1 is 1.11 bits per heavy atom. The number of hydrogen-bond acceptors (Lipinski definition) is 6. The van der Waals surface area contributed by atoms with Gasteiger partial charge in [-0.2, -0.15) is 0 Å². The van der Waals surface area contributed by atoms with Gasteiger partial charge in [0.15, 0.2) is 11.5 Å². The molecule has 148 valence electrons. The van der Waals surface area contributed by atoms with Gasteiger partial charge in [0.1, 0.15) is 0 Å². The number of carboxylic acid groups (broad SMARTS) is 1. The standard InChI is InChI=1S/C19H20N2O7/c1-11(6-12-4-5-16(27-2)17(7-12)28-3)20-18(22)13-8-14(19(23)24)10-15(9-13)21(25)26/h4-5,7-11H,6H2,1-3H3,(H,20,22)(H,23,24). The van der Waals surface area contributed by atoms with Crippen molar-refractivity contribution in [3.05, 3.63) is 63.2 Å². The number of nitro groups is 1. The molecule has 0 spiro atoms. The highest BCUT2D eigenvalue weighted by Crippen LogP contribution is 2.28. The van der Waals surface area contributed by atoms with Crippen LogP contribution in [0.3, 0.4) is 0 Å². The van der Waals surface area contributed by atoms with Gasteiger partial charge in [0.25, 0.3) is 11.6 Å². The SMILES string of the molecule is COc1ccc(CC(C)NC(=O)c2cc(C(=O)O)cc([N+](=O)[O-])c2)cc1OC. The van der Waals surface area contributed by atoms with E-state index in [1.165, 1.54) is 14.2 Å². The van der Waals surface area contributed by atoms with E-state index in [1.54, 1.807) is 19.1 Å². The Morgan fingerprint density at radius 3 is 2.32 bits per heavy atom. The lowest BCUT2D eigenvalue weighted by molar-refractivity contribution is -0.384. The number of ether oxygens (including phenoxy) is 2. The summed E-state index contributed by atoms with van der Waals surface area (Å²) in [4.78, 5) is 33.8. The first-order chi connectivity index (χ1) is 13.2. The average Bonchev–Trinajstić information content (AvgIpc) is 2.67. The predicted octanol–water partition coefficient (Wildman–Crippen LogP) is 2.67. The topological polar surface area (TPSA) is 128 Å². The van der Waals surface area contributed by atoms with E-state index in [-0.39, 0.29) is 17.2 Å². The fraction of sp³-hybridized carbons (Fsp3) is 0.263. The number of nitrogens with one attached hydrogen (secondary N) is 1. The monoisotopic (exact) mass is 388 g/mol. The molecule has 2 N–H and O–H groups in total. The van der Waals surface area contributed by atoms with E-state index in [9.17, 15) is 19.7 Å². The Balaban J connectivity index is 2.16. The molecule has 0 aliphatic carbocycles. The third-order valence-electron chi connectivity index (χ3n) is 4.01. The summed E-state index contributed by atoms with van der Waals surface area (Å²) >= 11 is 0. The molecular formula is C19H20N2O7. The van der Waals surface area contributed by atoms with Crippen LogP contribution in [0.25, 0.3) is 0 Å². The minimum Gasteiger partial charge on any atom is -0.493 e. The molecule has 28 heavy (non-hydrogen) atoms. The van der Waals surface area contributed by atoms with Crippen LogP contribution in [-0.4, -0.2) is 42.2 Å². The molecule has 0 fully saturated rings. The van der Waals surface area contributed by atoms with Gasteiger partial charge in [-0.05, 0) is 37.1 Å². The van der Waals surface area contributed by atoms with Gasteiger partial charge in [-0.25, -0.2) is 4.79 Å². The number of hydrogen-bond donors (Lipinski definition) is 2. The number of nitrogens with zero attached hydrogens (tertiary/aromatic N) is 1. The molecule has 2 rings (SSSR count). The van der Waals surface area contributed by atoms with Crippen molar-refractivity contribution in [1.82, 2.24) is 5.32 Å². The van der Waals surface area contributed by atoms with E-state index < -0.39 is 22.5 Å². The predicted molar refractivity (Wildman–Crippen MR) is 100 cm³/mol. The van der Waals surface area contributed by atoms with Crippen LogP contribution >= 0.6 is 0 Å². The van der Waals surface area contributed by atoms with E-state index in [0.29, 0.717) is 17.9 Å². The summed E-state index contributed by atoms with van der Waals surface area (Å²) in [6, 6.07) is 8.11. The third-order valence-corrected chi connectivity index (χ3v) is 4.01. The molecule has 0 aliphatic rings. The molecule has 0 saturated carbocycles. The first-order valence-corrected chi connectivity index (χ1v) is 8.29. The van der Waals surface area contributed by atoms with E-state index in [4.69, 9.17) is 14.6 Å². The molecule has 2 aromatic carbocycles. The van der Waals surface area contributed by atoms with Crippen LogP contribution in [0, 0.1) is 10.1 Å². The third kappa shape index (κ3) is 4.97. The normalized spacial score (nSPS) is 11.4. The number of aromatic carboxylic acids is 1. The van der Waals surface area contributed by atoms with Gasteiger partial charge in [0.05, 0.1) is 24.7 Å². The number of benzene rings is 2. The van der Waals surface area contributed by atoms with Gasteiger partial charge >= 0.3 is 5.97 Å². The summed E-state index contributed by atoms with van der Waals surface area (Å²) in [7, 11) is 3.06. The van der Waals surface area contributed by atoms with Crippen LogP contribution in [0.15, 0.2) is 36.4 Å². The molecule has 0 aliphatic heterocycles. The Labute approximate surface area is 161 Å². The first-order valence-electron chi connectivity index (χ1n) is 8.29. The number of carbonyl (C=O) groups is 2. The number of nitro benzene ring substituents is 1. The Hall–Kier alpha value is -3.62. The van der Waals surface area contributed by atoms with Crippen LogP contribution in [0.4, 0.5) is 5.69 Å². The van der Waals surface area contributed by atoms with Crippen LogP contribution in [0.2, 0.25) is 0 Å². The number of amides is 1. The molecule has 0 saturated heterocycles. The van der Waals surface area contributed by atoms with Crippen molar-refractivity contribution in [2.75, 3.05) is 14.2 Å². The second kappa shape index (κ2) is 8.85. The molecule has 9 nitrogen and oxygen atoms in total. The zero-order valence-corrected chi connectivity index (χ0v) is 15.6. The highest BCUT2D eigenvalue weighted by atomic mass is 16.6. The second-order valence-corrected chi connectivity index (χ2v) is 6.10. The number of non-ortho nitro benzene ring substituents is 1. The maximum Gasteiger partial charge on any atom is 0.335 e. The van der Waals surface area contributed by atoms with Gasteiger partial charge in [-0.1, -0.05) is 6.07 Å². The van der Waals surface area contributed by atoms with E-state index in [0.717, 1.165) is 23.8 Å². The highest BCUT2D eigenvalue weighted by Gasteiger charge is 2.19. The number of methoxy groups -OCH3 is 2. The highest BCUT2D eigenvalue weighted by molar-refractivity contribution is 5.98. The summed E-state index contributed by atoms with van der Waals surface area (Å²) in [6.07, 6.45) is 0.465. The van der Waals surface area contributed by atoms with Crippen molar-refractivity contribution < 1.29 is 29.1 Å². The summed E-state index contributed by atoms with van der Waals surface area (Å²) in [5.41, 5.74) is 0.00552. The van der Waals surface area contributed by atoms with Crippen molar-refractivity contribution in [1.29, 1.82) is 0 Å². The molecule has 0 radical (unpaired) electrons. The van der Waals surface area contributed by atoms with Crippen molar-refractivity contribution in [3.8, 4) is 11.5 Å². The van der Waals surface area contributed by atoms with Gasteiger partial charge in [-0.3, -0.25) is 14.9 Å². The summed E-state index contributed by atoms with van der Waals surface area (Å²) in [5.74, 6) is -0.806. The van der Waals surface area contributed by atoms with Crippen LogP contribution in [-0.2, 0) is 6.42 Å². The molecule has 2 aromatic rings. The minimum atomic E-state index is -1.35. The van der Waals surface area contributed by atoms with E-state index >= 15 is 0 Å². The second-order valence-electron chi connectivity index (χ2n) is 6.10. The van der Waals surface area contributed by atoms with Gasteiger partial charge in [0.2, 0.25) is 0 Å². The number of rotatable bonds is 8. The Kier molecular flexibility index (Phi) is 6.54. The van der Waals surface area contributed by atoms with Crippen molar-refractivity contribution in [2.45, 2.75) is 19.4 Å². The molecule has 0 bridgehead atoms.